The summed E-state index contributed by atoms with van der Waals surface area (Å²) in [6, 6.07) is 5.53. The van der Waals surface area contributed by atoms with Crippen molar-refractivity contribution in [3.63, 3.8) is 0 Å². The molecule has 0 aliphatic carbocycles. The Labute approximate surface area is 125 Å². The van der Waals surface area contributed by atoms with Crippen LogP contribution in [0.2, 0.25) is 0 Å². The van der Waals surface area contributed by atoms with Gasteiger partial charge in [0.2, 0.25) is 5.91 Å². The molecule has 1 amide bonds. The zero-order chi connectivity index (χ0) is 15.5. The van der Waals surface area contributed by atoms with Gasteiger partial charge < -0.3 is 10.4 Å². The van der Waals surface area contributed by atoms with Crippen molar-refractivity contribution in [2.24, 2.45) is 0 Å². The smallest absolute Gasteiger partial charge is 0.328 e. The van der Waals surface area contributed by atoms with Gasteiger partial charge in [-0.05, 0) is 26.0 Å². The lowest BCUT2D eigenvalue weighted by atomic mass is 10.1. The lowest BCUT2D eigenvalue weighted by Crippen LogP contribution is -2.50. The Balaban J connectivity index is 2.03. The summed E-state index contributed by atoms with van der Waals surface area (Å²) in [5.41, 5.74) is 0.0519. The molecule has 7 heteroatoms. The molecule has 2 N–H and O–H groups in total. The van der Waals surface area contributed by atoms with Gasteiger partial charge in [-0.1, -0.05) is 6.07 Å². The van der Waals surface area contributed by atoms with Crippen molar-refractivity contribution in [1.29, 1.82) is 0 Å². The molecule has 0 saturated carbocycles. The van der Waals surface area contributed by atoms with E-state index in [0.29, 0.717) is 5.69 Å². The van der Waals surface area contributed by atoms with Crippen LogP contribution >= 0.6 is 11.3 Å². The van der Waals surface area contributed by atoms with Crippen LogP contribution in [0, 0.1) is 0 Å². The summed E-state index contributed by atoms with van der Waals surface area (Å²) in [5.74, 6) is -1.46. The summed E-state index contributed by atoms with van der Waals surface area (Å²) in [6.45, 7) is 2.88. The van der Waals surface area contributed by atoms with Crippen molar-refractivity contribution in [1.82, 2.24) is 15.3 Å². The first-order valence-electron chi connectivity index (χ1n) is 6.29. The number of carboxylic acid groups (broad SMARTS) is 1. The van der Waals surface area contributed by atoms with Gasteiger partial charge in [-0.3, -0.25) is 9.78 Å². The van der Waals surface area contributed by atoms with Gasteiger partial charge in [-0.25, -0.2) is 9.78 Å². The van der Waals surface area contributed by atoms with E-state index in [2.05, 4.69) is 15.3 Å². The number of aliphatic carboxylic acids is 1. The first-order chi connectivity index (χ1) is 9.88. The quantitative estimate of drug-likeness (QED) is 0.877. The highest BCUT2D eigenvalue weighted by atomic mass is 32.1. The van der Waals surface area contributed by atoms with Crippen LogP contribution in [0.4, 0.5) is 0 Å². The lowest BCUT2D eigenvalue weighted by molar-refractivity contribution is -0.145. The second kappa shape index (κ2) is 6.01. The van der Waals surface area contributed by atoms with E-state index < -0.39 is 11.5 Å². The van der Waals surface area contributed by atoms with Crippen molar-refractivity contribution in [2.45, 2.75) is 25.8 Å². The fourth-order valence-corrected chi connectivity index (χ4v) is 2.40. The average Bonchev–Trinajstić information content (AvgIpc) is 2.87. The molecule has 0 spiro atoms. The van der Waals surface area contributed by atoms with Gasteiger partial charge in [0.05, 0.1) is 17.8 Å². The Hall–Kier alpha value is -2.28. The normalized spacial score (nSPS) is 11.1. The molecular formula is C14H15N3O3S. The van der Waals surface area contributed by atoms with Crippen molar-refractivity contribution in [3.05, 3.63) is 35.5 Å². The number of aromatic nitrogens is 2. The molecule has 0 radical (unpaired) electrons. The van der Waals surface area contributed by atoms with Gasteiger partial charge in [0, 0.05) is 11.6 Å². The van der Waals surface area contributed by atoms with Crippen LogP contribution in [0.5, 0.6) is 0 Å². The first-order valence-corrected chi connectivity index (χ1v) is 7.16. The number of amides is 1. The second-order valence-corrected chi connectivity index (χ2v) is 5.87. The minimum Gasteiger partial charge on any atom is -0.480 e. The number of pyridine rings is 1. The van der Waals surface area contributed by atoms with Crippen LogP contribution < -0.4 is 5.32 Å². The van der Waals surface area contributed by atoms with E-state index in [4.69, 9.17) is 5.11 Å². The predicted octanol–water partition coefficient (Wildman–Crippen LogP) is 1.73. The zero-order valence-corrected chi connectivity index (χ0v) is 12.5. The van der Waals surface area contributed by atoms with Gasteiger partial charge in [0.1, 0.15) is 10.5 Å². The Morgan fingerprint density at radius 3 is 2.76 bits per heavy atom. The third-order valence-corrected chi connectivity index (χ3v) is 3.68. The predicted molar refractivity (Wildman–Crippen MR) is 78.9 cm³/mol. The van der Waals surface area contributed by atoms with E-state index in [1.807, 2.05) is 18.2 Å². The molecule has 2 heterocycles. The molecule has 2 aromatic rings. The van der Waals surface area contributed by atoms with E-state index in [0.717, 1.165) is 10.7 Å². The van der Waals surface area contributed by atoms with Gasteiger partial charge in [-0.15, -0.1) is 11.3 Å². The van der Waals surface area contributed by atoms with E-state index in [9.17, 15) is 9.59 Å². The standard InChI is InChI=1S/C14H15N3O3S/c1-14(2,13(19)20)17-11(18)7-9-8-21-12(16-9)10-5-3-4-6-15-10/h3-6,8H,7H2,1-2H3,(H,17,18)(H,19,20). The number of nitrogens with one attached hydrogen (secondary N) is 1. The minimum absolute atomic E-state index is 0.0417. The topological polar surface area (TPSA) is 92.2 Å². The van der Waals surface area contributed by atoms with Gasteiger partial charge in [0.15, 0.2) is 0 Å². The summed E-state index contributed by atoms with van der Waals surface area (Å²) in [6.07, 6.45) is 1.72. The Bertz CT molecular complexity index is 652. The van der Waals surface area contributed by atoms with Crippen LogP contribution in [0.25, 0.3) is 10.7 Å². The van der Waals surface area contributed by atoms with E-state index >= 15 is 0 Å². The number of nitrogens with zero attached hydrogens (tertiary/aromatic N) is 2. The monoisotopic (exact) mass is 305 g/mol. The van der Waals surface area contributed by atoms with E-state index in [-0.39, 0.29) is 12.3 Å². The number of rotatable bonds is 5. The highest BCUT2D eigenvalue weighted by Gasteiger charge is 2.29. The maximum Gasteiger partial charge on any atom is 0.328 e. The molecule has 21 heavy (non-hydrogen) atoms. The van der Waals surface area contributed by atoms with Crippen LogP contribution in [-0.2, 0) is 16.0 Å². The summed E-state index contributed by atoms with van der Waals surface area (Å²) < 4.78 is 0. The second-order valence-electron chi connectivity index (χ2n) is 5.01. The molecular weight excluding hydrogens is 290 g/mol. The molecule has 6 nitrogen and oxygen atoms in total. The summed E-state index contributed by atoms with van der Waals surface area (Å²) in [4.78, 5) is 31.4. The van der Waals surface area contributed by atoms with Gasteiger partial charge in [0.25, 0.3) is 0 Å². The van der Waals surface area contributed by atoms with Crippen LogP contribution in [0.15, 0.2) is 29.8 Å². The highest BCUT2D eigenvalue weighted by Crippen LogP contribution is 2.21. The SMILES string of the molecule is CC(C)(NC(=O)Cc1csc(-c2ccccn2)n1)C(=O)O. The zero-order valence-electron chi connectivity index (χ0n) is 11.7. The number of hydrogen-bond acceptors (Lipinski definition) is 5. The molecule has 0 atom stereocenters. The molecule has 0 aliphatic rings. The Kier molecular flexibility index (Phi) is 4.32. The molecule has 0 aromatic carbocycles. The van der Waals surface area contributed by atoms with E-state index in [1.54, 1.807) is 11.6 Å². The summed E-state index contributed by atoms with van der Waals surface area (Å²) >= 11 is 1.40. The van der Waals surface area contributed by atoms with Crippen molar-refractivity contribution in [3.8, 4) is 10.7 Å². The molecule has 0 saturated heterocycles. The van der Waals surface area contributed by atoms with Gasteiger partial charge in [-0.2, -0.15) is 0 Å². The molecule has 0 fully saturated rings. The van der Waals surface area contributed by atoms with Crippen LogP contribution in [0.1, 0.15) is 19.5 Å². The maximum absolute atomic E-state index is 11.9. The van der Waals surface area contributed by atoms with Crippen molar-refractivity contribution in [2.75, 3.05) is 0 Å². The average molecular weight is 305 g/mol. The Morgan fingerprint density at radius 2 is 2.14 bits per heavy atom. The summed E-state index contributed by atoms with van der Waals surface area (Å²) in [5, 5.41) is 13.9. The van der Waals surface area contributed by atoms with Crippen LogP contribution in [0.3, 0.4) is 0 Å². The van der Waals surface area contributed by atoms with Gasteiger partial charge >= 0.3 is 5.97 Å². The third-order valence-electron chi connectivity index (χ3n) is 2.76. The number of carbonyl (C=O) groups is 2. The highest BCUT2D eigenvalue weighted by molar-refractivity contribution is 7.13. The number of carboxylic acids is 1. The summed E-state index contributed by atoms with van der Waals surface area (Å²) in [7, 11) is 0. The Morgan fingerprint density at radius 1 is 1.38 bits per heavy atom. The number of hydrogen-bond donors (Lipinski definition) is 2. The molecule has 0 unspecified atom stereocenters. The van der Waals surface area contributed by atoms with Crippen LogP contribution in [-0.4, -0.2) is 32.5 Å². The fraction of sp³-hybridized carbons (Fsp3) is 0.286. The molecule has 0 bridgehead atoms. The minimum atomic E-state index is -1.29. The van der Waals surface area contributed by atoms with E-state index in [1.165, 1.54) is 25.2 Å². The number of thiazole rings is 1. The molecule has 2 rings (SSSR count). The van der Waals surface area contributed by atoms with Crippen molar-refractivity contribution < 1.29 is 14.7 Å². The van der Waals surface area contributed by atoms with Crippen molar-refractivity contribution >= 4 is 23.2 Å². The molecule has 0 aliphatic heterocycles. The maximum atomic E-state index is 11.9. The lowest BCUT2D eigenvalue weighted by Gasteiger charge is -2.20. The largest absolute Gasteiger partial charge is 0.480 e. The number of carbonyl (C=O) groups excluding carboxylic acids is 1. The first kappa shape index (κ1) is 15.1. The third kappa shape index (κ3) is 3.85. The molecule has 2 aromatic heterocycles. The molecule has 110 valence electrons. The fourth-order valence-electron chi connectivity index (χ4n) is 1.61.